The lowest BCUT2D eigenvalue weighted by molar-refractivity contribution is -0.113. The number of aromatic nitrogens is 3. The molecule has 26 heavy (non-hydrogen) atoms. The van der Waals surface area contributed by atoms with E-state index in [1.807, 2.05) is 24.5 Å². The predicted molar refractivity (Wildman–Crippen MR) is 93.8 cm³/mol. The average Bonchev–Trinajstić information content (AvgIpc) is 3.20. The maximum Gasteiger partial charge on any atom is 0.234 e. The topological polar surface area (TPSA) is 73.0 Å². The van der Waals surface area contributed by atoms with Crippen molar-refractivity contribution in [3.05, 3.63) is 47.9 Å². The highest BCUT2D eigenvalue weighted by Gasteiger charge is 2.17. The number of anilines is 1. The molecule has 0 fully saturated rings. The molecule has 1 aromatic carbocycles. The van der Waals surface area contributed by atoms with Crippen molar-refractivity contribution in [1.82, 2.24) is 14.8 Å². The quantitative estimate of drug-likeness (QED) is 0.659. The molecule has 0 bridgehead atoms. The smallest absolute Gasteiger partial charge is 0.234 e. The second kappa shape index (κ2) is 7.69. The molecule has 6 nitrogen and oxygen atoms in total. The van der Waals surface area contributed by atoms with Crippen LogP contribution in [0, 0.1) is 18.6 Å². The number of aryl methyl sites for hydroxylation is 1. The number of hydrogen-bond donors (Lipinski definition) is 1. The molecule has 136 valence electrons. The van der Waals surface area contributed by atoms with Crippen molar-refractivity contribution in [3.8, 4) is 11.4 Å². The zero-order valence-electron chi connectivity index (χ0n) is 14.1. The third-order valence-corrected chi connectivity index (χ3v) is 4.64. The van der Waals surface area contributed by atoms with Crippen molar-refractivity contribution in [2.24, 2.45) is 0 Å². The lowest BCUT2D eigenvalue weighted by atomic mass is 10.2. The van der Waals surface area contributed by atoms with Gasteiger partial charge in [0.2, 0.25) is 5.91 Å². The third-order valence-electron chi connectivity index (χ3n) is 3.67. The molecule has 0 atom stereocenters. The van der Waals surface area contributed by atoms with Gasteiger partial charge in [-0.25, -0.2) is 8.78 Å². The minimum atomic E-state index is -0.821. The fourth-order valence-electron chi connectivity index (χ4n) is 2.40. The van der Waals surface area contributed by atoms with Crippen LogP contribution in [-0.4, -0.2) is 26.4 Å². The minimum absolute atomic E-state index is 0.0132. The maximum atomic E-state index is 13.6. The summed E-state index contributed by atoms with van der Waals surface area (Å²) in [4.78, 5) is 12.0. The number of nitrogens with zero attached hydrogens (tertiary/aromatic N) is 3. The van der Waals surface area contributed by atoms with Crippen LogP contribution in [0.3, 0.4) is 0 Å². The van der Waals surface area contributed by atoms with Gasteiger partial charge in [0.05, 0.1) is 23.3 Å². The molecule has 3 rings (SSSR count). The molecule has 0 radical (unpaired) electrons. The van der Waals surface area contributed by atoms with Gasteiger partial charge < -0.3 is 14.3 Å². The molecule has 0 saturated heterocycles. The third kappa shape index (κ3) is 3.77. The minimum Gasteiger partial charge on any atom is -0.469 e. The monoisotopic (exact) mass is 378 g/mol. The number of carbonyl (C=O) groups is 1. The van der Waals surface area contributed by atoms with Crippen LogP contribution in [0.5, 0.6) is 0 Å². The summed E-state index contributed by atoms with van der Waals surface area (Å²) in [6.07, 6.45) is 1.58. The van der Waals surface area contributed by atoms with Crippen LogP contribution in [0.1, 0.15) is 12.7 Å². The number of carbonyl (C=O) groups excluding carboxylic acids is 1. The molecule has 0 aliphatic rings. The van der Waals surface area contributed by atoms with Gasteiger partial charge in [0, 0.05) is 12.6 Å². The summed E-state index contributed by atoms with van der Waals surface area (Å²) in [7, 11) is 0. The van der Waals surface area contributed by atoms with E-state index in [9.17, 15) is 13.6 Å². The summed E-state index contributed by atoms with van der Waals surface area (Å²) in [6.45, 7) is 4.39. The number of hydrogen-bond acceptors (Lipinski definition) is 5. The van der Waals surface area contributed by atoms with Crippen LogP contribution in [0.15, 0.2) is 40.1 Å². The number of halogens is 2. The van der Waals surface area contributed by atoms with E-state index >= 15 is 0 Å². The van der Waals surface area contributed by atoms with Gasteiger partial charge in [-0.1, -0.05) is 11.8 Å². The molecule has 1 N–H and O–H groups in total. The molecule has 0 unspecified atom stereocenters. The van der Waals surface area contributed by atoms with Crippen molar-refractivity contribution in [3.63, 3.8) is 0 Å². The van der Waals surface area contributed by atoms with Crippen molar-refractivity contribution in [2.45, 2.75) is 25.5 Å². The van der Waals surface area contributed by atoms with Crippen LogP contribution in [0.4, 0.5) is 14.5 Å². The van der Waals surface area contributed by atoms with Crippen molar-refractivity contribution in [2.75, 3.05) is 11.1 Å². The molecule has 3 aromatic rings. The average molecular weight is 378 g/mol. The Morgan fingerprint density at radius 3 is 2.77 bits per heavy atom. The van der Waals surface area contributed by atoms with E-state index in [-0.39, 0.29) is 11.4 Å². The Balaban J connectivity index is 1.69. The Morgan fingerprint density at radius 2 is 2.12 bits per heavy atom. The van der Waals surface area contributed by atoms with E-state index < -0.39 is 17.5 Å². The highest BCUT2D eigenvalue weighted by atomic mass is 32.2. The van der Waals surface area contributed by atoms with E-state index in [1.165, 1.54) is 17.8 Å². The van der Waals surface area contributed by atoms with Gasteiger partial charge in [0.15, 0.2) is 11.0 Å². The normalized spacial score (nSPS) is 10.9. The van der Waals surface area contributed by atoms with E-state index in [0.717, 1.165) is 23.5 Å². The first-order valence-electron chi connectivity index (χ1n) is 7.85. The highest BCUT2D eigenvalue weighted by molar-refractivity contribution is 7.99. The fourth-order valence-corrected chi connectivity index (χ4v) is 3.21. The fraction of sp³-hybridized carbons (Fsp3) is 0.235. The first-order valence-corrected chi connectivity index (χ1v) is 8.83. The summed E-state index contributed by atoms with van der Waals surface area (Å²) < 4.78 is 33.7. The van der Waals surface area contributed by atoms with Gasteiger partial charge in [0.1, 0.15) is 17.4 Å². The molecular weight excluding hydrogens is 362 g/mol. The van der Waals surface area contributed by atoms with E-state index in [2.05, 4.69) is 15.5 Å². The predicted octanol–water partition coefficient (Wildman–Crippen LogP) is 3.88. The molecule has 0 aliphatic carbocycles. The van der Waals surface area contributed by atoms with Crippen LogP contribution in [0.25, 0.3) is 11.4 Å². The van der Waals surface area contributed by atoms with Gasteiger partial charge in [-0.2, -0.15) is 0 Å². The SMILES string of the molecule is CCn1c(SCC(=O)Nc2ccc(F)cc2F)nnc1-c1ccoc1C. The maximum absolute atomic E-state index is 13.6. The van der Waals surface area contributed by atoms with E-state index in [0.29, 0.717) is 17.5 Å². The molecule has 9 heteroatoms. The molecule has 0 spiro atoms. The zero-order chi connectivity index (χ0) is 18.7. The highest BCUT2D eigenvalue weighted by Crippen LogP contribution is 2.27. The molecule has 2 aromatic heterocycles. The molecule has 0 saturated carbocycles. The number of rotatable bonds is 6. The van der Waals surface area contributed by atoms with E-state index in [1.54, 1.807) is 6.26 Å². The number of amides is 1. The standard InChI is InChI=1S/C17H16F2N4O2S/c1-3-23-16(12-6-7-25-10(12)2)21-22-17(23)26-9-15(24)20-14-5-4-11(18)8-13(14)19/h4-8H,3,9H2,1-2H3,(H,20,24). The summed E-state index contributed by atoms with van der Waals surface area (Å²) in [6, 6.07) is 4.79. The van der Waals surface area contributed by atoms with Gasteiger partial charge in [-0.15, -0.1) is 10.2 Å². The molecular formula is C17H16F2N4O2S. The van der Waals surface area contributed by atoms with Crippen molar-refractivity contribution in [1.29, 1.82) is 0 Å². The Bertz CT molecular complexity index is 939. The Morgan fingerprint density at radius 1 is 1.31 bits per heavy atom. The van der Waals surface area contributed by atoms with Gasteiger partial charge in [-0.05, 0) is 32.0 Å². The number of furan rings is 1. The summed E-state index contributed by atoms with van der Waals surface area (Å²) in [5, 5.41) is 11.3. The lowest BCUT2D eigenvalue weighted by Gasteiger charge is -2.08. The summed E-state index contributed by atoms with van der Waals surface area (Å²) >= 11 is 1.18. The second-order valence-corrected chi connectivity index (χ2v) is 6.34. The van der Waals surface area contributed by atoms with Crippen molar-refractivity contribution >= 4 is 23.4 Å². The first-order chi connectivity index (χ1) is 12.5. The number of nitrogens with one attached hydrogen (secondary N) is 1. The Kier molecular flexibility index (Phi) is 5.36. The van der Waals surface area contributed by atoms with E-state index in [4.69, 9.17) is 4.42 Å². The van der Waals surface area contributed by atoms with Crippen LogP contribution in [-0.2, 0) is 11.3 Å². The Labute approximate surface area is 152 Å². The lowest BCUT2D eigenvalue weighted by Crippen LogP contribution is -2.15. The summed E-state index contributed by atoms with van der Waals surface area (Å²) in [5.74, 6) is -0.545. The Hall–Kier alpha value is -2.68. The van der Waals surface area contributed by atoms with Crippen LogP contribution >= 0.6 is 11.8 Å². The van der Waals surface area contributed by atoms with Crippen molar-refractivity contribution < 1.29 is 18.0 Å². The van der Waals surface area contributed by atoms with Gasteiger partial charge in [0.25, 0.3) is 0 Å². The van der Waals surface area contributed by atoms with Gasteiger partial charge >= 0.3 is 0 Å². The second-order valence-electron chi connectivity index (χ2n) is 5.40. The molecule has 2 heterocycles. The zero-order valence-corrected chi connectivity index (χ0v) is 14.9. The number of benzene rings is 1. The molecule has 0 aliphatic heterocycles. The van der Waals surface area contributed by atoms with Crippen LogP contribution in [0.2, 0.25) is 0 Å². The van der Waals surface area contributed by atoms with Crippen LogP contribution < -0.4 is 5.32 Å². The largest absolute Gasteiger partial charge is 0.469 e. The number of thioether (sulfide) groups is 1. The van der Waals surface area contributed by atoms with Gasteiger partial charge in [-0.3, -0.25) is 4.79 Å². The molecule has 1 amide bonds. The first kappa shape index (κ1) is 18.1. The summed E-state index contributed by atoms with van der Waals surface area (Å²) in [5.41, 5.74) is 0.771.